The van der Waals surface area contributed by atoms with Crippen LogP contribution in [0.4, 0.5) is 5.69 Å². The van der Waals surface area contributed by atoms with Gasteiger partial charge in [0.2, 0.25) is 0 Å². The summed E-state index contributed by atoms with van der Waals surface area (Å²) in [7, 11) is 0. The van der Waals surface area contributed by atoms with Crippen molar-refractivity contribution in [3.05, 3.63) is 64.1 Å². The first-order valence-corrected chi connectivity index (χ1v) is 14.6. The minimum Gasteiger partial charge on any atom is -0.389 e. The molecule has 2 aromatic rings. The van der Waals surface area contributed by atoms with Gasteiger partial charge >= 0.3 is 0 Å². The van der Waals surface area contributed by atoms with Crippen LogP contribution in [0, 0.1) is 11.8 Å². The minimum atomic E-state index is -0.494. The molecule has 5 heteroatoms. The van der Waals surface area contributed by atoms with Crippen molar-refractivity contribution in [2.24, 2.45) is 11.8 Å². The Morgan fingerprint density at radius 1 is 1.03 bits per heavy atom. The largest absolute Gasteiger partial charge is 0.389 e. The monoisotopic (exact) mass is 532 g/mol. The molecule has 33 heavy (non-hydrogen) atoms. The lowest BCUT2D eigenvalue weighted by atomic mass is 9.67. The maximum atomic E-state index is 11.0. The summed E-state index contributed by atoms with van der Waals surface area (Å²) in [4.78, 5) is 2.51. The summed E-state index contributed by atoms with van der Waals surface area (Å²) in [5, 5.41) is 11.0. The molecule has 0 amide bonds. The van der Waals surface area contributed by atoms with Crippen LogP contribution in [0.1, 0.15) is 69.9 Å². The number of piperidine rings is 1. The van der Waals surface area contributed by atoms with Crippen LogP contribution in [0.15, 0.2) is 53.0 Å². The van der Waals surface area contributed by atoms with Gasteiger partial charge in [-0.3, -0.25) is 4.90 Å². The number of hydrogen-bond acceptors (Lipinski definition) is 4. The van der Waals surface area contributed by atoms with Gasteiger partial charge in [-0.15, -0.1) is 0 Å². The van der Waals surface area contributed by atoms with Gasteiger partial charge in [-0.2, -0.15) is 0 Å². The van der Waals surface area contributed by atoms with Gasteiger partial charge in [0.1, 0.15) is 0 Å². The van der Waals surface area contributed by atoms with E-state index in [9.17, 15) is 5.11 Å². The first-order chi connectivity index (χ1) is 16.0. The number of anilines is 1. The standard InChI is InChI=1S/C23H27BrN2OS.C3H8.C2H6/c1-28-25-19-4-2-3-16(9-19)22-20-12-26(13-21(20)22)14-23(27)10-17(11-23)15-5-7-18(24)8-6-15;1-3-2;1-2/h2-9,17,20-22,25,27H,10-14H2,1H3;3H2,1-2H3;1-2H3/t17?,20-,21+,22?,23?;;. The molecule has 2 aromatic carbocycles. The number of nitrogens with zero attached hydrogens (tertiary/aromatic N) is 1. The Balaban J connectivity index is 0.000000569. The number of nitrogens with one attached hydrogen (secondary N) is 1. The zero-order chi connectivity index (χ0) is 24.0. The Bertz CT molecular complexity index is 856. The zero-order valence-corrected chi connectivity index (χ0v) is 23.3. The smallest absolute Gasteiger partial charge is 0.0785 e. The fourth-order valence-electron chi connectivity index (χ4n) is 5.54. The number of halogens is 1. The van der Waals surface area contributed by atoms with Crippen molar-refractivity contribution >= 4 is 33.6 Å². The van der Waals surface area contributed by atoms with Crippen LogP contribution in [-0.2, 0) is 0 Å². The third-order valence-electron chi connectivity index (χ3n) is 6.87. The Labute approximate surface area is 214 Å². The Morgan fingerprint density at radius 3 is 2.21 bits per heavy atom. The van der Waals surface area contributed by atoms with Crippen molar-refractivity contribution in [3.63, 3.8) is 0 Å². The first-order valence-electron chi connectivity index (χ1n) is 12.6. The third-order valence-corrected chi connectivity index (χ3v) is 7.84. The van der Waals surface area contributed by atoms with Gasteiger partial charge in [0.15, 0.2) is 0 Å². The minimum absolute atomic E-state index is 0.494. The molecule has 3 atom stereocenters. The summed E-state index contributed by atoms with van der Waals surface area (Å²) in [5.74, 6) is 2.77. The fourth-order valence-corrected chi connectivity index (χ4v) is 6.17. The molecule has 0 bridgehead atoms. The van der Waals surface area contributed by atoms with Gasteiger partial charge in [-0.05, 0) is 71.9 Å². The highest BCUT2D eigenvalue weighted by atomic mass is 79.9. The molecular formula is C28H41BrN2OS. The van der Waals surface area contributed by atoms with Crippen molar-refractivity contribution < 1.29 is 5.11 Å². The maximum Gasteiger partial charge on any atom is 0.0785 e. The third kappa shape index (κ3) is 6.56. The highest BCUT2D eigenvalue weighted by molar-refractivity contribution is 9.10. The summed E-state index contributed by atoms with van der Waals surface area (Å²) >= 11 is 5.14. The van der Waals surface area contributed by atoms with Crippen LogP contribution in [0.5, 0.6) is 0 Å². The molecule has 3 fully saturated rings. The molecule has 182 valence electrons. The van der Waals surface area contributed by atoms with E-state index in [2.05, 4.69) is 94.2 Å². The van der Waals surface area contributed by atoms with Gasteiger partial charge in [0.05, 0.1) is 5.60 Å². The van der Waals surface area contributed by atoms with E-state index < -0.39 is 5.60 Å². The topological polar surface area (TPSA) is 35.5 Å². The number of fused-ring (bicyclic) bond motifs is 1. The van der Waals surface area contributed by atoms with Crippen LogP contribution < -0.4 is 4.72 Å². The van der Waals surface area contributed by atoms with Crippen LogP contribution in [-0.4, -0.2) is 41.5 Å². The molecule has 1 unspecified atom stereocenters. The van der Waals surface area contributed by atoms with E-state index in [-0.39, 0.29) is 0 Å². The summed E-state index contributed by atoms with van der Waals surface area (Å²) in [6, 6.07) is 17.5. The number of β-amino-alcohol motifs (C(OH)–C–C–N with tert-alkyl or cyclic N) is 1. The van der Waals surface area contributed by atoms with Gasteiger partial charge in [-0.25, -0.2) is 0 Å². The van der Waals surface area contributed by atoms with E-state index in [1.165, 1.54) is 23.2 Å². The molecule has 2 aliphatic carbocycles. The number of hydrogen-bond donors (Lipinski definition) is 2. The number of aliphatic hydroxyl groups is 1. The molecular weight excluding hydrogens is 492 g/mol. The van der Waals surface area contributed by atoms with E-state index in [1.54, 1.807) is 11.9 Å². The van der Waals surface area contributed by atoms with E-state index >= 15 is 0 Å². The second-order valence-electron chi connectivity index (χ2n) is 9.57. The van der Waals surface area contributed by atoms with Gasteiger partial charge in [-0.1, -0.05) is 86.3 Å². The van der Waals surface area contributed by atoms with E-state index in [0.29, 0.717) is 11.8 Å². The molecule has 2 N–H and O–H groups in total. The summed E-state index contributed by atoms with van der Waals surface area (Å²) in [6.45, 7) is 11.4. The lowest BCUT2D eigenvalue weighted by Crippen LogP contribution is -2.51. The fraction of sp³-hybridized carbons (Fsp3) is 0.571. The summed E-state index contributed by atoms with van der Waals surface area (Å²) in [5.41, 5.74) is 3.54. The molecule has 3 aliphatic rings. The Hall–Kier alpha value is -1.01. The molecule has 1 aliphatic heterocycles. The summed E-state index contributed by atoms with van der Waals surface area (Å²) < 4.78 is 4.46. The highest BCUT2D eigenvalue weighted by Crippen LogP contribution is 2.59. The average Bonchev–Trinajstić information content (AvgIpc) is 3.30. The van der Waals surface area contributed by atoms with E-state index in [0.717, 1.165) is 48.8 Å². The second-order valence-corrected chi connectivity index (χ2v) is 11.1. The van der Waals surface area contributed by atoms with Crippen molar-refractivity contribution in [1.82, 2.24) is 4.90 Å². The predicted octanol–water partition coefficient (Wildman–Crippen LogP) is 7.54. The van der Waals surface area contributed by atoms with Crippen molar-refractivity contribution in [3.8, 4) is 0 Å². The van der Waals surface area contributed by atoms with Crippen LogP contribution in [0.3, 0.4) is 0 Å². The predicted molar refractivity (Wildman–Crippen MR) is 148 cm³/mol. The molecule has 0 radical (unpaired) electrons. The van der Waals surface area contributed by atoms with E-state index in [4.69, 9.17) is 0 Å². The van der Waals surface area contributed by atoms with Crippen molar-refractivity contribution in [1.29, 1.82) is 0 Å². The zero-order valence-electron chi connectivity index (χ0n) is 20.9. The second kappa shape index (κ2) is 12.1. The molecule has 5 rings (SSSR count). The molecule has 1 heterocycles. The lowest BCUT2D eigenvalue weighted by Gasteiger charge is -2.46. The van der Waals surface area contributed by atoms with Gasteiger partial charge in [0, 0.05) is 36.1 Å². The number of likely N-dealkylation sites (tertiary alicyclic amines) is 1. The van der Waals surface area contributed by atoms with Gasteiger partial charge < -0.3 is 9.83 Å². The maximum absolute atomic E-state index is 11.0. The van der Waals surface area contributed by atoms with E-state index in [1.807, 2.05) is 13.8 Å². The average molecular weight is 534 g/mol. The van der Waals surface area contributed by atoms with Crippen LogP contribution in [0.2, 0.25) is 0 Å². The Morgan fingerprint density at radius 2 is 1.64 bits per heavy atom. The van der Waals surface area contributed by atoms with Crippen LogP contribution >= 0.6 is 27.9 Å². The SMILES string of the molecule is CC.CCC.CSNc1cccc(C2[C@H]3CN(CC4(O)CC(c5ccc(Br)cc5)C4)C[C@@H]23)c1. The Kier molecular flexibility index (Phi) is 9.75. The number of rotatable bonds is 6. The normalized spacial score (nSPS) is 29.5. The quantitative estimate of drug-likeness (QED) is 0.376. The molecule has 1 saturated heterocycles. The van der Waals surface area contributed by atoms with Crippen molar-refractivity contribution in [2.45, 2.75) is 64.4 Å². The lowest BCUT2D eigenvalue weighted by molar-refractivity contribution is -0.0705. The number of benzene rings is 2. The molecule has 2 saturated carbocycles. The highest BCUT2D eigenvalue weighted by Gasteiger charge is 2.57. The van der Waals surface area contributed by atoms with Crippen LogP contribution in [0.25, 0.3) is 0 Å². The molecule has 3 nitrogen and oxygen atoms in total. The molecule has 0 spiro atoms. The summed E-state index contributed by atoms with van der Waals surface area (Å²) in [6.07, 6.45) is 5.10. The van der Waals surface area contributed by atoms with Gasteiger partial charge in [0.25, 0.3) is 0 Å². The first kappa shape index (κ1) is 26.6. The molecule has 0 aromatic heterocycles. The van der Waals surface area contributed by atoms with Crippen molar-refractivity contribution in [2.75, 3.05) is 30.6 Å².